The first-order valence-corrected chi connectivity index (χ1v) is 6.89. The second-order valence-electron chi connectivity index (χ2n) is 5.88. The Morgan fingerprint density at radius 3 is 2.24 bits per heavy atom. The molecule has 3 N–H and O–H groups in total. The van der Waals surface area contributed by atoms with Gasteiger partial charge in [-0.3, -0.25) is 5.41 Å². The van der Waals surface area contributed by atoms with E-state index >= 15 is 0 Å². The van der Waals surface area contributed by atoms with E-state index < -0.39 is 0 Å². The van der Waals surface area contributed by atoms with E-state index in [4.69, 9.17) is 11.1 Å². The molecular weight excluding hydrogens is 210 g/mol. The van der Waals surface area contributed by atoms with Gasteiger partial charge in [0.15, 0.2) is 0 Å². The maximum atomic E-state index is 7.58. The lowest BCUT2D eigenvalue weighted by Crippen LogP contribution is -2.38. The number of hydrogen-bond donors (Lipinski definition) is 2. The molecule has 0 aliphatic heterocycles. The Labute approximate surface area is 107 Å². The predicted molar refractivity (Wildman–Crippen MR) is 76.5 cm³/mol. The number of nitrogens with zero attached hydrogens (tertiary/aromatic N) is 1. The molecule has 0 heterocycles. The van der Waals surface area contributed by atoms with Gasteiger partial charge in [-0.2, -0.15) is 0 Å². The molecule has 0 unspecified atom stereocenters. The van der Waals surface area contributed by atoms with E-state index in [0.717, 1.165) is 13.0 Å². The summed E-state index contributed by atoms with van der Waals surface area (Å²) in [5.74, 6) is 0.301. The molecule has 0 bridgehead atoms. The summed E-state index contributed by atoms with van der Waals surface area (Å²) in [4.78, 5) is 2.50. The van der Waals surface area contributed by atoms with Crippen LogP contribution in [0.15, 0.2) is 0 Å². The number of hydrogen-bond acceptors (Lipinski definition) is 2. The molecule has 0 aromatic heterocycles. The van der Waals surface area contributed by atoms with Crippen molar-refractivity contribution >= 4 is 5.84 Å². The zero-order valence-corrected chi connectivity index (χ0v) is 12.3. The van der Waals surface area contributed by atoms with Crippen molar-refractivity contribution in [3.63, 3.8) is 0 Å². The minimum atomic E-state index is -0.169. The van der Waals surface area contributed by atoms with E-state index in [9.17, 15) is 0 Å². The molecule has 3 nitrogen and oxygen atoms in total. The lowest BCUT2D eigenvalue weighted by atomic mass is 9.88. The molecule has 0 amide bonds. The van der Waals surface area contributed by atoms with E-state index in [-0.39, 0.29) is 5.41 Å². The van der Waals surface area contributed by atoms with E-state index in [1.54, 1.807) is 0 Å². The topological polar surface area (TPSA) is 53.1 Å². The van der Waals surface area contributed by atoms with Crippen molar-refractivity contribution in [2.75, 3.05) is 13.1 Å². The van der Waals surface area contributed by atoms with Crippen molar-refractivity contribution in [3.05, 3.63) is 0 Å². The minimum absolute atomic E-state index is 0.169. The fourth-order valence-electron chi connectivity index (χ4n) is 1.75. The minimum Gasteiger partial charge on any atom is -0.387 e. The molecule has 0 aliphatic carbocycles. The predicted octanol–water partition coefficient (Wildman–Crippen LogP) is 3.24. The van der Waals surface area contributed by atoms with Gasteiger partial charge < -0.3 is 10.6 Å². The summed E-state index contributed by atoms with van der Waals surface area (Å²) in [6.45, 7) is 13.0. The molecule has 0 saturated carbocycles. The van der Waals surface area contributed by atoms with Gasteiger partial charge in [0.1, 0.15) is 0 Å². The molecule has 0 aliphatic rings. The van der Waals surface area contributed by atoms with Crippen LogP contribution in [0.1, 0.15) is 60.3 Å². The number of rotatable bonds is 9. The van der Waals surface area contributed by atoms with Gasteiger partial charge in [0.2, 0.25) is 0 Å². The Bertz CT molecular complexity index is 222. The van der Waals surface area contributed by atoms with Crippen molar-refractivity contribution in [1.82, 2.24) is 4.90 Å². The first-order valence-electron chi connectivity index (χ1n) is 6.89. The third kappa shape index (κ3) is 6.67. The van der Waals surface area contributed by atoms with Crippen molar-refractivity contribution < 1.29 is 0 Å². The molecule has 3 heteroatoms. The van der Waals surface area contributed by atoms with Crippen LogP contribution in [-0.4, -0.2) is 29.9 Å². The molecule has 102 valence electrons. The first-order chi connectivity index (χ1) is 7.81. The maximum Gasteiger partial charge on any atom is 0.0963 e. The van der Waals surface area contributed by atoms with E-state index in [1.165, 1.54) is 25.8 Å². The lowest BCUT2D eigenvalue weighted by molar-refractivity contribution is 0.197. The third-order valence-electron chi connectivity index (χ3n) is 3.53. The van der Waals surface area contributed by atoms with E-state index in [2.05, 4.69) is 39.5 Å². The highest BCUT2D eigenvalue weighted by atomic mass is 15.1. The summed E-state index contributed by atoms with van der Waals surface area (Å²) in [7, 11) is 0. The maximum absolute atomic E-state index is 7.58. The van der Waals surface area contributed by atoms with Crippen molar-refractivity contribution in [1.29, 1.82) is 5.41 Å². The smallest absolute Gasteiger partial charge is 0.0963 e. The SMILES string of the molecule is CCCCCN(CCC(C)(C)C(=N)N)C(C)C. The Balaban J connectivity index is 4.13. The van der Waals surface area contributed by atoms with Gasteiger partial charge in [0.05, 0.1) is 5.84 Å². The zero-order chi connectivity index (χ0) is 13.5. The van der Waals surface area contributed by atoms with Gasteiger partial charge in [-0.05, 0) is 39.8 Å². The number of unbranched alkanes of at least 4 members (excludes halogenated alkanes) is 2. The second-order valence-corrected chi connectivity index (χ2v) is 5.88. The van der Waals surface area contributed by atoms with Crippen molar-refractivity contribution in [2.45, 2.75) is 66.3 Å². The van der Waals surface area contributed by atoms with Gasteiger partial charge in [-0.1, -0.05) is 33.6 Å². The van der Waals surface area contributed by atoms with Crippen LogP contribution < -0.4 is 5.73 Å². The summed E-state index contributed by atoms with van der Waals surface area (Å²) in [6.07, 6.45) is 4.81. The molecule has 0 rings (SSSR count). The van der Waals surface area contributed by atoms with Gasteiger partial charge in [-0.25, -0.2) is 0 Å². The summed E-state index contributed by atoms with van der Waals surface area (Å²) in [5, 5.41) is 7.58. The molecule has 17 heavy (non-hydrogen) atoms. The number of amidine groups is 1. The largest absolute Gasteiger partial charge is 0.387 e. The Kier molecular flexibility index (Phi) is 7.44. The first kappa shape index (κ1) is 16.4. The Hall–Kier alpha value is -0.570. The summed E-state index contributed by atoms with van der Waals surface area (Å²) in [5.41, 5.74) is 5.45. The highest BCUT2D eigenvalue weighted by molar-refractivity contribution is 5.82. The number of nitrogens with two attached hydrogens (primary N) is 1. The molecule has 0 aromatic carbocycles. The third-order valence-corrected chi connectivity index (χ3v) is 3.53. The highest BCUT2D eigenvalue weighted by Gasteiger charge is 2.23. The summed E-state index contributed by atoms with van der Waals surface area (Å²) in [6, 6.07) is 0.578. The van der Waals surface area contributed by atoms with E-state index in [0.29, 0.717) is 11.9 Å². The van der Waals surface area contributed by atoms with Gasteiger partial charge in [0, 0.05) is 11.5 Å². The quantitative estimate of drug-likeness (QED) is 0.370. The fraction of sp³-hybridized carbons (Fsp3) is 0.929. The zero-order valence-electron chi connectivity index (χ0n) is 12.3. The highest BCUT2D eigenvalue weighted by Crippen LogP contribution is 2.20. The van der Waals surface area contributed by atoms with E-state index in [1.807, 2.05) is 0 Å². The standard InChI is InChI=1S/C14H31N3/c1-6-7-8-10-17(12(2)3)11-9-14(4,5)13(15)16/h12H,6-11H2,1-5H3,(H3,15,16). The van der Waals surface area contributed by atoms with Crippen LogP contribution in [-0.2, 0) is 0 Å². The fourth-order valence-corrected chi connectivity index (χ4v) is 1.75. The second kappa shape index (κ2) is 7.70. The molecular formula is C14H31N3. The molecule has 0 aromatic rings. The Morgan fingerprint density at radius 2 is 1.82 bits per heavy atom. The van der Waals surface area contributed by atoms with Crippen LogP contribution in [0, 0.1) is 10.8 Å². The van der Waals surface area contributed by atoms with Crippen molar-refractivity contribution in [3.8, 4) is 0 Å². The van der Waals surface area contributed by atoms with Crippen LogP contribution in [0.4, 0.5) is 0 Å². The molecule has 0 atom stereocenters. The average molecular weight is 241 g/mol. The molecule has 0 spiro atoms. The van der Waals surface area contributed by atoms with Gasteiger partial charge in [-0.15, -0.1) is 0 Å². The normalized spacial score (nSPS) is 12.4. The van der Waals surface area contributed by atoms with Crippen LogP contribution in [0.3, 0.4) is 0 Å². The van der Waals surface area contributed by atoms with Crippen molar-refractivity contribution in [2.24, 2.45) is 11.1 Å². The molecule has 0 saturated heterocycles. The van der Waals surface area contributed by atoms with Crippen LogP contribution in [0.2, 0.25) is 0 Å². The van der Waals surface area contributed by atoms with Gasteiger partial charge >= 0.3 is 0 Å². The van der Waals surface area contributed by atoms with Gasteiger partial charge in [0.25, 0.3) is 0 Å². The average Bonchev–Trinajstić information content (AvgIpc) is 2.22. The Morgan fingerprint density at radius 1 is 1.24 bits per heavy atom. The molecule has 0 radical (unpaired) electrons. The van der Waals surface area contributed by atoms with Crippen LogP contribution >= 0.6 is 0 Å². The lowest BCUT2D eigenvalue weighted by Gasteiger charge is -2.31. The number of nitrogens with one attached hydrogen (secondary N) is 1. The summed E-state index contributed by atoms with van der Waals surface area (Å²) >= 11 is 0. The summed E-state index contributed by atoms with van der Waals surface area (Å²) < 4.78 is 0. The van der Waals surface area contributed by atoms with Crippen LogP contribution in [0.25, 0.3) is 0 Å². The monoisotopic (exact) mass is 241 g/mol. The van der Waals surface area contributed by atoms with Crippen LogP contribution in [0.5, 0.6) is 0 Å². The molecule has 0 fully saturated rings.